The van der Waals surface area contributed by atoms with Gasteiger partial charge in [-0.05, 0) is 12.1 Å². The monoisotopic (exact) mass is 229 g/mol. The second-order valence-corrected chi connectivity index (χ2v) is 3.50. The number of amides is 1. The Morgan fingerprint density at radius 1 is 1.53 bits per heavy atom. The van der Waals surface area contributed by atoms with Crippen LogP contribution >= 0.6 is 11.6 Å². The molecular weight excluding hydrogens is 222 g/mol. The van der Waals surface area contributed by atoms with Gasteiger partial charge in [-0.15, -0.1) is 5.10 Å². The van der Waals surface area contributed by atoms with Gasteiger partial charge in [-0.3, -0.25) is 4.79 Å². The molecule has 15 heavy (non-hydrogen) atoms. The third-order valence-electron chi connectivity index (χ3n) is 2.10. The molecule has 1 aromatic rings. The first kappa shape index (κ1) is 10.1. The number of aliphatic hydroxyl groups is 1. The molecule has 1 aliphatic rings. The summed E-state index contributed by atoms with van der Waals surface area (Å²) in [4.78, 5) is 13.8. The molecule has 0 saturated carbocycles. The summed E-state index contributed by atoms with van der Waals surface area (Å²) in [7, 11) is 1.56. The average Bonchev–Trinajstić information content (AvgIpc) is 2.68. The van der Waals surface area contributed by atoms with Gasteiger partial charge in [0.1, 0.15) is 5.03 Å². The molecule has 0 saturated heterocycles. The number of hydrogen-bond donors (Lipinski definition) is 1. The van der Waals surface area contributed by atoms with Crippen LogP contribution in [-0.2, 0) is 11.8 Å². The molecule has 1 unspecified atom stereocenters. The standard InChI is InChI=1S/C7H8ClN5O2/c1-3-4(8)6(15)13(5(3)14)7-9-11-12(2)10-7/h5,14H,1-2H3. The van der Waals surface area contributed by atoms with E-state index in [1.807, 2.05) is 0 Å². The van der Waals surface area contributed by atoms with Crippen molar-refractivity contribution in [3.63, 3.8) is 0 Å². The maximum absolute atomic E-state index is 11.6. The van der Waals surface area contributed by atoms with Crippen LogP contribution in [0.2, 0.25) is 0 Å². The van der Waals surface area contributed by atoms with Crippen molar-refractivity contribution in [2.24, 2.45) is 7.05 Å². The fourth-order valence-corrected chi connectivity index (χ4v) is 1.45. The topological polar surface area (TPSA) is 84.1 Å². The smallest absolute Gasteiger partial charge is 0.275 e. The van der Waals surface area contributed by atoms with E-state index >= 15 is 0 Å². The maximum atomic E-state index is 11.6. The van der Waals surface area contributed by atoms with E-state index in [0.29, 0.717) is 5.57 Å². The molecule has 2 heterocycles. The van der Waals surface area contributed by atoms with Gasteiger partial charge in [-0.1, -0.05) is 16.7 Å². The summed E-state index contributed by atoms with van der Waals surface area (Å²) >= 11 is 5.71. The zero-order valence-electron chi connectivity index (χ0n) is 8.05. The van der Waals surface area contributed by atoms with Crippen molar-refractivity contribution in [1.82, 2.24) is 20.2 Å². The Kier molecular flexibility index (Phi) is 2.20. The van der Waals surface area contributed by atoms with Crippen molar-refractivity contribution in [3.05, 3.63) is 10.6 Å². The van der Waals surface area contributed by atoms with Gasteiger partial charge < -0.3 is 5.11 Å². The second kappa shape index (κ2) is 3.28. The lowest BCUT2D eigenvalue weighted by molar-refractivity contribution is -0.115. The van der Waals surface area contributed by atoms with Gasteiger partial charge in [0.05, 0.1) is 7.05 Å². The molecule has 80 valence electrons. The number of aliphatic hydroxyl groups excluding tert-OH is 1. The highest BCUT2D eigenvalue weighted by molar-refractivity contribution is 6.45. The van der Waals surface area contributed by atoms with E-state index in [1.54, 1.807) is 14.0 Å². The number of carbonyl (C=O) groups is 1. The Balaban J connectivity index is 2.38. The second-order valence-electron chi connectivity index (χ2n) is 3.12. The largest absolute Gasteiger partial charge is 0.369 e. The number of rotatable bonds is 1. The Labute approximate surface area is 89.9 Å². The van der Waals surface area contributed by atoms with Crippen molar-refractivity contribution in [2.75, 3.05) is 4.90 Å². The third-order valence-corrected chi connectivity index (χ3v) is 2.56. The first-order chi connectivity index (χ1) is 7.02. The number of aryl methyl sites for hydroxylation is 1. The fraction of sp³-hybridized carbons (Fsp3) is 0.429. The van der Waals surface area contributed by atoms with E-state index in [-0.39, 0.29) is 11.0 Å². The number of halogens is 1. The number of anilines is 1. The summed E-state index contributed by atoms with van der Waals surface area (Å²) < 4.78 is 0. The fourth-order valence-electron chi connectivity index (χ4n) is 1.26. The Morgan fingerprint density at radius 3 is 2.60 bits per heavy atom. The van der Waals surface area contributed by atoms with Crippen LogP contribution in [-0.4, -0.2) is 37.4 Å². The highest BCUT2D eigenvalue weighted by Crippen LogP contribution is 2.28. The van der Waals surface area contributed by atoms with E-state index in [4.69, 9.17) is 11.6 Å². The summed E-state index contributed by atoms with van der Waals surface area (Å²) in [5, 5.41) is 20.7. The van der Waals surface area contributed by atoms with Gasteiger partial charge in [0.15, 0.2) is 6.23 Å². The highest BCUT2D eigenvalue weighted by atomic mass is 35.5. The minimum atomic E-state index is -1.12. The van der Waals surface area contributed by atoms with E-state index in [1.165, 1.54) is 4.80 Å². The number of carbonyl (C=O) groups excluding carboxylic acids is 1. The molecule has 0 aromatic carbocycles. The van der Waals surface area contributed by atoms with Crippen LogP contribution in [0.15, 0.2) is 10.6 Å². The quantitative estimate of drug-likeness (QED) is 0.694. The number of hydrogen-bond acceptors (Lipinski definition) is 5. The van der Waals surface area contributed by atoms with E-state index < -0.39 is 12.1 Å². The van der Waals surface area contributed by atoms with Crippen LogP contribution in [0.5, 0.6) is 0 Å². The molecule has 7 nitrogen and oxygen atoms in total. The lowest BCUT2D eigenvalue weighted by Crippen LogP contribution is -2.36. The van der Waals surface area contributed by atoms with Crippen LogP contribution in [0.3, 0.4) is 0 Å². The lowest BCUT2D eigenvalue weighted by Gasteiger charge is -2.16. The molecule has 1 aliphatic heterocycles. The summed E-state index contributed by atoms with van der Waals surface area (Å²) in [6, 6.07) is 0. The zero-order valence-corrected chi connectivity index (χ0v) is 8.80. The zero-order chi connectivity index (χ0) is 11.2. The van der Waals surface area contributed by atoms with Crippen LogP contribution in [0.4, 0.5) is 5.95 Å². The van der Waals surface area contributed by atoms with Gasteiger partial charge in [-0.25, -0.2) is 4.90 Å². The minimum absolute atomic E-state index is 0.00467. The van der Waals surface area contributed by atoms with Crippen LogP contribution in [0.1, 0.15) is 6.92 Å². The normalized spacial score (nSPS) is 21.7. The molecule has 0 bridgehead atoms. The summed E-state index contributed by atoms with van der Waals surface area (Å²) in [6.07, 6.45) is -1.12. The molecule has 1 atom stereocenters. The Hall–Kier alpha value is -1.47. The molecule has 2 rings (SSSR count). The number of tetrazole rings is 1. The average molecular weight is 230 g/mol. The van der Waals surface area contributed by atoms with Gasteiger partial charge in [0.2, 0.25) is 0 Å². The molecule has 1 aromatic heterocycles. The van der Waals surface area contributed by atoms with Crippen molar-refractivity contribution in [1.29, 1.82) is 0 Å². The molecule has 0 radical (unpaired) electrons. The predicted octanol–water partition coefficient (Wildman–Crippen LogP) is -0.612. The van der Waals surface area contributed by atoms with E-state index in [2.05, 4.69) is 15.4 Å². The van der Waals surface area contributed by atoms with Crippen molar-refractivity contribution < 1.29 is 9.90 Å². The molecule has 0 spiro atoms. The molecule has 8 heteroatoms. The summed E-state index contributed by atoms with van der Waals surface area (Å²) in [6.45, 7) is 1.57. The van der Waals surface area contributed by atoms with Crippen LogP contribution in [0.25, 0.3) is 0 Å². The number of nitrogens with zero attached hydrogens (tertiary/aromatic N) is 5. The SMILES string of the molecule is CC1=C(Cl)C(=O)N(c2nnn(C)n2)C1O. The van der Waals surface area contributed by atoms with Crippen molar-refractivity contribution >= 4 is 23.5 Å². The first-order valence-corrected chi connectivity index (χ1v) is 4.52. The predicted molar refractivity (Wildman–Crippen MR) is 50.8 cm³/mol. The molecular formula is C7H8ClN5O2. The lowest BCUT2D eigenvalue weighted by atomic mass is 10.3. The third kappa shape index (κ3) is 1.40. The van der Waals surface area contributed by atoms with Crippen molar-refractivity contribution in [3.8, 4) is 0 Å². The van der Waals surface area contributed by atoms with Gasteiger partial charge in [-0.2, -0.15) is 4.80 Å². The van der Waals surface area contributed by atoms with Gasteiger partial charge in [0.25, 0.3) is 11.9 Å². The maximum Gasteiger partial charge on any atom is 0.275 e. The van der Waals surface area contributed by atoms with E-state index in [0.717, 1.165) is 4.90 Å². The van der Waals surface area contributed by atoms with E-state index in [9.17, 15) is 9.90 Å². The van der Waals surface area contributed by atoms with Gasteiger partial charge in [0, 0.05) is 5.57 Å². The van der Waals surface area contributed by atoms with Gasteiger partial charge >= 0.3 is 0 Å². The Morgan fingerprint density at radius 2 is 2.20 bits per heavy atom. The molecule has 1 amide bonds. The first-order valence-electron chi connectivity index (χ1n) is 4.14. The summed E-state index contributed by atoms with van der Waals surface area (Å²) in [5.74, 6) is -0.486. The van der Waals surface area contributed by atoms with Crippen molar-refractivity contribution in [2.45, 2.75) is 13.2 Å². The molecule has 1 N–H and O–H groups in total. The minimum Gasteiger partial charge on any atom is -0.369 e. The number of aromatic nitrogens is 4. The Bertz CT molecular complexity index is 454. The molecule has 0 fully saturated rings. The molecule has 0 aliphatic carbocycles. The van der Waals surface area contributed by atoms with Crippen LogP contribution in [0, 0.1) is 0 Å². The highest BCUT2D eigenvalue weighted by Gasteiger charge is 2.38. The van der Waals surface area contributed by atoms with Crippen LogP contribution < -0.4 is 4.90 Å². The summed E-state index contributed by atoms with van der Waals surface area (Å²) in [5.41, 5.74) is 0.383.